The number of urea groups is 1. The molecule has 0 radical (unpaired) electrons. The number of methoxy groups -OCH3 is 3. The first-order valence-electron chi connectivity index (χ1n) is 7.89. The second kappa shape index (κ2) is 13.0. The molecule has 10 heteroatoms. The van der Waals surface area contributed by atoms with Crippen LogP contribution < -0.4 is 16.4 Å². The zero-order chi connectivity index (χ0) is 19.2. The number of ether oxygens (including phenoxy) is 3. The highest BCUT2D eigenvalue weighted by Crippen LogP contribution is 2.04. The number of amides is 2. The highest BCUT2D eigenvalue weighted by molar-refractivity contribution is 5.87. The van der Waals surface area contributed by atoms with Crippen molar-refractivity contribution in [2.75, 3.05) is 27.9 Å². The molecule has 0 rings (SSSR count). The van der Waals surface area contributed by atoms with Crippen LogP contribution in [0.25, 0.3) is 0 Å². The van der Waals surface area contributed by atoms with Crippen LogP contribution in [0.4, 0.5) is 4.79 Å². The van der Waals surface area contributed by atoms with Crippen molar-refractivity contribution >= 4 is 23.9 Å². The fourth-order valence-electron chi connectivity index (χ4n) is 2.00. The van der Waals surface area contributed by atoms with E-state index >= 15 is 0 Å². The molecular weight excluding hydrogens is 334 g/mol. The molecule has 0 aromatic carbocycles. The van der Waals surface area contributed by atoms with Gasteiger partial charge in [0.05, 0.1) is 21.3 Å². The van der Waals surface area contributed by atoms with Crippen LogP contribution in [0.3, 0.4) is 0 Å². The maximum atomic E-state index is 12.1. The van der Waals surface area contributed by atoms with Gasteiger partial charge in [0.25, 0.3) is 0 Å². The SMILES string of the molecule is COC(=O)CC[C@H](NC(=O)N[C@@H](CCCCN)C(=O)OC)C(=O)OC. The molecule has 10 nitrogen and oxygen atoms in total. The minimum Gasteiger partial charge on any atom is -0.469 e. The van der Waals surface area contributed by atoms with Crippen molar-refractivity contribution in [3.8, 4) is 0 Å². The fourth-order valence-corrected chi connectivity index (χ4v) is 2.00. The van der Waals surface area contributed by atoms with Gasteiger partial charge < -0.3 is 30.6 Å². The number of carbonyl (C=O) groups is 4. The lowest BCUT2D eigenvalue weighted by Gasteiger charge is -2.20. The molecule has 0 aromatic rings. The molecule has 0 saturated carbocycles. The highest BCUT2D eigenvalue weighted by Gasteiger charge is 2.26. The van der Waals surface area contributed by atoms with E-state index in [0.29, 0.717) is 25.8 Å². The topological polar surface area (TPSA) is 146 Å². The smallest absolute Gasteiger partial charge is 0.328 e. The van der Waals surface area contributed by atoms with Crippen molar-refractivity contribution in [3.05, 3.63) is 0 Å². The number of esters is 3. The molecule has 144 valence electrons. The van der Waals surface area contributed by atoms with Crippen LogP contribution in [-0.2, 0) is 28.6 Å². The van der Waals surface area contributed by atoms with Gasteiger partial charge in [-0.3, -0.25) is 4.79 Å². The van der Waals surface area contributed by atoms with E-state index in [1.807, 2.05) is 0 Å². The molecule has 0 spiro atoms. The summed E-state index contributed by atoms with van der Waals surface area (Å²) >= 11 is 0. The third-order valence-corrected chi connectivity index (χ3v) is 3.39. The molecule has 0 aromatic heterocycles. The van der Waals surface area contributed by atoms with Gasteiger partial charge in [0.2, 0.25) is 0 Å². The zero-order valence-electron chi connectivity index (χ0n) is 14.8. The first kappa shape index (κ1) is 22.6. The number of unbranched alkanes of at least 4 members (excludes halogenated alkanes) is 1. The standard InChI is InChI=1S/C15H27N3O7/c1-23-12(19)8-7-11(14(21)25-3)18-15(22)17-10(13(20)24-2)6-4-5-9-16/h10-11H,4-9,16H2,1-3H3,(H2,17,18,22)/t10-,11-/m0/s1. The summed E-state index contributed by atoms with van der Waals surface area (Å²) in [5.41, 5.74) is 5.40. The van der Waals surface area contributed by atoms with E-state index in [1.54, 1.807) is 0 Å². The third-order valence-electron chi connectivity index (χ3n) is 3.39. The van der Waals surface area contributed by atoms with Crippen molar-refractivity contribution in [1.82, 2.24) is 10.6 Å². The number of rotatable bonds is 11. The highest BCUT2D eigenvalue weighted by atomic mass is 16.5. The summed E-state index contributed by atoms with van der Waals surface area (Å²) in [7, 11) is 3.60. The van der Waals surface area contributed by atoms with E-state index in [-0.39, 0.29) is 12.8 Å². The van der Waals surface area contributed by atoms with Gasteiger partial charge in [-0.2, -0.15) is 0 Å². The Hall–Kier alpha value is -2.36. The van der Waals surface area contributed by atoms with Crippen molar-refractivity contribution in [2.45, 2.75) is 44.2 Å². The Morgan fingerprint density at radius 2 is 1.36 bits per heavy atom. The van der Waals surface area contributed by atoms with E-state index in [9.17, 15) is 19.2 Å². The summed E-state index contributed by atoms with van der Waals surface area (Å²) in [4.78, 5) is 46.7. The van der Waals surface area contributed by atoms with Crippen molar-refractivity contribution in [3.63, 3.8) is 0 Å². The van der Waals surface area contributed by atoms with Gasteiger partial charge in [0.1, 0.15) is 12.1 Å². The lowest BCUT2D eigenvalue weighted by atomic mass is 10.1. The minimum absolute atomic E-state index is 0.00281. The van der Waals surface area contributed by atoms with E-state index in [0.717, 1.165) is 7.11 Å². The summed E-state index contributed by atoms with van der Waals surface area (Å²) in [6.45, 7) is 0.470. The second-order valence-electron chi connectivity index (χ2n) is 5.17. The largest absolute Gasteiger partial charge is 0.469 e. The van der Waals surface area contributed by atoms with Crippen LogP contribution >= 0.6 is 0 Å². The maximum absolute atomic E-state index is 12.1. The lowest BCUT2D eigenvalue weighted by Crippen LogP contribution is -2.51. The Labute approximate surface area is 146 Å². The average Bonchev–Trinajstić information content (AvgIpc) is 2.62. The average molecular weight is 361 g/mol. The predicted octanol–water partition coefficient (Wildman–Crippen LogP) is -0.549. The first-order valence-corrected chi connectivity index (χ1v) is 7.89. The monoisotopic (exact) mass is 361 g/mol. The molecule has 0 bridgehead atoms. The van der Waals surface area contributed by atoms with Gasteiger partial charge >= 0.3 is 23.9 Å². The third kappa shape index (κ3) is 9.50. The van der Waals surface area contributed by atoms with Gasteiger partial charge in [-0.1, -0.05) is 0 Å². The summed E-state index contributed by atoms with van der Waals surface area (Å²) in [6.07, 6.45) is 1.60. The predicted molar refractivity (Wildman–Crippen MR) is 87.4 cm³/mol. The number of hydrogen-bond donors (Lipinski definition) is 3. The van der Waals surface area contributed by atoms with Crippen LogP contribution in [0, 0.1) is 0 Å². The number of carbonyl (C=O) groups excluding carboxylic acids is 4. The van der Waals surface area contributed by atoms with Crippen LogP contribution in [0.2, 0.25) is 0 Å². The Morgan fingerprint density at radius 3 is 1.80 bits per heavy atom. The number of hydrogen-bond acceptors (Lipinski definition) is 8. The van der Waals surface area contributed by atoms with Crippen molar-refractivity contribution in [2.24, 2.45) is 5.73 Å². The molecule has 2 amide bonds. The molecule has 0 aliphatic heterocycles. The molecule has 0 aliphatic carbocycles. The van der Waals surface area contributed by atoms with Gasteiger partial charge in [0.15, 0.2) is 0 Å². The van der Waals surface area contributed by atoms with Crippen LogP contribution in [-0.4, -0.2) is 63.9 Å². The van der Waals surface area contributed by atoms with Crippen LogP contribution in [0.1, 0.15) is 32.1 Å². The molecule has 0 heterocycles. The molecule has 4 N–H and O–H groups in total. The van der Waals surface area contributed by atoms with Crippen molar-refractivity contribution < 1.29 is 33.4 Å². The molecule has 0 unspecified atom stereocenters. The van der Waals surface area contributed by atoms with Crippen LogP contribution in [0.5, 0.6) is 0 Å². The van der Waals surface area contributed by atoms with E-state index in [4.69, 9.17) is 5.73 Å². The molecular formula is C15H27N3O7. The zero-order valence-corrected chi connectivity index (χ0v) is 14.8. The summed E-state index contributed by atoms with van der Waals surface area (Å²) < 4.78 is 13.7. The van der Waals surface area contributed by atoms with E-state index in [1.165, 1.54) is 14.2 Å². The first-order chi connectivity index (χ1) is 11.9. The van der Waals surface area contributed by atoms with Crippen molar-refractivity contribution in [1.29, 1.82) is 0 Å². The van der Waals surface area contributed by atoms with Gasteiger partial charge in [-0.05, 0) is 32.2 Å². The Morgan fingerprint density at radius 1 is 0.840 bits per heavy atom. The summed E-state index contributed by atoms with van der Waals surface area (Å²) in [6, 6.07) is -2.66. The summed E-state index contributed by atoms with van der Waals surface area (Å²) in [5.74, 6) is -1.83. The van der Waals surface area contributed by atoms with Crippen LogP contribution in [0.15, 0.2) is 0 Å². The maximum Gasteiger partial charge on any atom is 0.328 e. The fraction of sp³-hybridized carbons (Fsp3) is 0.733. The Balaban J connectivity index is 4.73. The number of nitrogens with one attached hydrogen (secondary N) is 2. The second-order valence-corrected chi connectivity index (χ2v) is 5.17. The molecule has 2 atom stereocenters. The molecule has 0 saturated heterocycles. The molecule has 0 aliphatic rings. The lowest BCUT2D eigenvalue weighted by molar-refractivity contribution is -0.144. The van der Waals surface area contributed by atoms with E-state index in [2.05, 4.69) is 24.8 Å². The van der Waals surface area contributed by atoms with Gasteiger partial charge in [-0.25, -0.2) is 14.4 Å². The molecule has 25 heavy (non-hydrogen) atoms. The summed E-state index contributed by atoms with van der Waals surface area (Å²) in [5, 5.41) is 4.83. The normalized spacial score (nSPS) is 12.5. The van der Waals surface area contributed by atoms with Gasteiger partial charge in [0, 0.05) is 6.42 Å². The Bertz CT molecular complexity index is 456. The quantitative estimate of drug-likeness (QED) is 0.252. The number of nitrogens with two attached hydrogens (primary N) is 1. The Kier molecular flexibility index (Phi) is 11.8. The van der Waals surface area contributed by atoms with Gasteiger partial charge in [-0.15, -0.1) is 0 Å². The minimum atomic E-state index is -1.05. The molecule has 0 fully saturated rings. The van der Waals surface area contributed by atoms with E-state index < -0.39 is 36.0 Å².